The SMILES string of the molecule is COC1C[C@@H](N(CC(C)C)C(=O)c2ccccc2)C[C@]2(c3cccc(O)c3)CCN(CC3CC3)C[C@@H]12. The Labute approximate surface area is 216 Å². The van der Waals surface area contributed by atoms with Crippen LogP contribution in [0.4, 0.5) is 0 Å². The van der Waals surface area contributed by atoms with Crippen molar-refractivity contribution < 1.29 is 14.6 Å². The van der Waals surface area contributed by atoms with Gasteiger partial charge in [0.05, 0.1) is 6.10 Å². The molecule has 1 saturated heterocycles. The van der Waals surface area contributed by atoms with E-state index in [-0.39, 0.29) is 23.5 Å². The van der Waals surface area contributed by atoms with Crippen molar-refractivity contribution >= 4 is 5.91 Å². The Morgan fingerprint density at radius 3 is 2.61 bits per heavy atom. The first-order valence-corrected chi connectivity index (χ1v) is 13.8. The smallest absolute Gasteiger partial charge is 0.254 e. The molecule has 0 bridgehead atoms. The summed E-state index contributed by atoms with van der Waals surface area (Å²) in [6, 6.07) is 17.7. The molecule has 2 aromatic rings. The Morgan fingerprint density at radius 2 is 1.94 bits per heavy atom. The number of carbonyl (C=O) groups is 1. The van der Waals surface area contributed by atoms with E-state index >= 15 is 0 Å². The van der Waals surface area contributed by atoms with Crippen LogP contribution in [0, 0.1) is 17.8 Å². The van der Waals surface area contributed by atoms with Gasteiger partial charge in [0.2, 0.25) is 0 Å². The van der Waals surface area contributed by atoms with E-state index in [2.05, 4.69) is 29.7 Å². The zero-order valence-corrected chi connectivity index (χ0v) is 22.1. The maximum atomic E-state index is 13.8. The number of hydrogen-bond donors (Lipinski definition) is 1. The van der Waals surface area contributed by atoms with E-state index in [4.69, 9.17) is 4.74 Å². The Balaban J connectivity index is 1.51. The number of aromatic hydroxyl groups is 1. The number of nitrogens with zero attached hydrogens (tertiary/aromatic N) is 2. The van der Waals surface area contributed by atoms with Crippen LogP contribution in [0.2, 0.25) is 0 Å². The first kappa shape index (κ1) is 25.3. The van der Waals surface area contributed by atoms with Crippen molar-refractivity contribution in [2.24, 2.45) is 17.8 Å². The summed E-state index contributed by atoms with van der Waals surface area (Å²) in [5.74, 6) is 1.99. The lowest BCUT2D eigenvalue weighted by Crippen LogP contribution is -2.62. The Morgan fingerprint density at radius 1 is 1.17 bits per heavy atom. The number of benzene rings is 2. The number of likely N-dealkylation sites (tertiary alicyclic amines) is 1. The highest BCUT2D eigenvalue weighted by Crippen LogP contribution is 2.52. The summed E-state index contributed by atoms with van der Waals surface area (Å²) in [5.41, 5.74) is 1.82. The topological polar surface area (TPSA) is 53.0 Å². The fourth-order valence-corrected chi connectivity index (χ4v) is 6.91. The fraction of sp³-hybridized carbons (Fsp3) is 0.581. The van der Waals surface area contributed by atoms with Gasteiger partial charge in [-0.15, -0.1) is 0 Å². The van der Waals surface area contributed by atoms with Crippen molar-refractivity contribution in [3.63, 3.8) is 0 Å². The molecule has 194 valence electrons. The van der Waals surface area contributed by atoms with Gasteiger partial charge in [-0.3, -0.25) is 4.79 Å². The first-order valence-electron chi connectivity index (χ1n) is 13.8. The molecule has 5 nitrogen and oxygen atoms in total. The van der Waals surface area contributed by atoms with Crippen LogP contribution in [0.25, 0.3) is 0 Å². The quantitative estimate of drug-likeness (QED) is 0.543. The minimum absolute atomic E-state index is 0.0614. The number of rotatable bonds is 8. The van der Waals surface area contributed by atoms with E-state index in [1.165, 1.54) is 24.9 Å². The molecule has 3 aliphatic rings. The van der Waals surface area contributed by atoms with E-state index in [0.717, 1.165) is 50.4 Å². The molecule has 2 aliphatic carbocycles. The third-order valence-corrected chi connectivity index (χ3v) is 8.81. The minimum atomic E-state index is -0.130. The van der Waals surface area contributed by atoms with E-state index < -0.39 is 0 Å². The molecule has 2 saturated carbocycles. The van der Waals surface area contributed by atoms with E-state index in [1.54, 1.807) is 6.07 Å². The number of fused-ring (bicyclic) bond motifs is 1. The highest BCUT2D eigenvalue weighted by Gasteiger charge is 2.54. The molecule has 0 radical (unpaired) electrons. The summed E-state index contributed by atoms with van der Waals surface area (Å²) in [7, 11) is 1.84. The summed E-state index contributed by atoms with van der Waals surface area (Å²) in [5, 5.41) is 10.5. The molecule has 1 unspecified atom stereocenters. The number of phenols is 1. The molecular weight excluding hydrogens is 448 g/mol. The molecule has 5 heteroatoms. The zero-order valence-electron chi connectivity index (χ0n) is 22.1. The highest BCUT2D eigenvalue weighted by molar-refractivity contribution is 5.94. The maximum absolute atomic E-state index is 13.8. The maximum Gasteiger partial charge on any atom is 0.254 e. The monoisotopic (exact) mass is 490 g/mol. The van der Waals surface area contributed by atoms with Crippen LogP contribution < -0.4 is 0 Å². The number of hydrogen-bond acceptors (Lipinski definition) is 4. The lowest BCUT2D eigenvalue weighted by Gasteiger charge is -2.57. The number of amides is 1. The summed E-state index contributed by atoms with van der Waals surface area (Å²) < 4.78 is 6.25. The van der Waals surface area contributed by atoms with Gasteiger partial charge < -0.3 is 19.6 Å². The third kappa shape index (κ3) is 5.19. The second kappa shape index (κ2) is 10.5. The van der Waals surface area contributed by atoms with Crippen LogP contribution in [0.5, 0.6) is 5.75 Å². The molecular formula is C31H42N2O3. The van der Waals surface area contributed by atoms with Gasteiger partial charge >= 0.3 is 0 Å². The first-order chi connectivity index (χ1) is 17.4. The minimum Gasteiger partial charge on any atom is -0.508 e. The number of carbonyl (C=O) groups excluding carboxylic acids is 1. The van der Waals surface area contributed by atoms with E-state index in [9.17, 15) is 9.90 Å². The molecule has 0 spiro atoms. The highest BCUT2D eigenvalue weighted by atomic mass is 16.5. The van der Waals surface area contributed by atoms with E-state index in [1.807, 2.05) is 49.6 Å². The number of methoxy groups -OCH3 is 1. The van der Waals surface area contributed by atoms with Gasteiger partial charge in [-0.05, 0) is 80.3 Å². The Hall–Kier alpha value is -2.37. The average Bonchev–Trinajstić information content (AvgIpc) is 3.71. The summed E-state index contributed by atoms with van der Waals surface area (Å²) in [6.45, 7) is 8.37. The van der Waals surface area contributed by atoms with Crippen molar-refractivity contribution in [2.45, 2.75) is 63.5 Å². The van der Waals surface area contributed by atoms with Gasteiger partial charge in [-0.25, -0.2) is 0 Å². The van der Waals surface area contributed by atoms with E-state index in [0.29, 0.717) is 17.6 Å². The summed E-state index contributed by atoms with van der Waals surface area (Å²) in [4.78, 5) is 18.6. The Bertz CT molecular complexity index is 1040. The predicted molar refractivity (Wildman–Crippen MR) is 143 cm³/mol. The second-order valence-corrected chi connectivity index (χ2v) is 11.9. The summed E-state index contributed by atoms with van der Waals surface area (Å²) >= 11 is 0. The molecule has 1 aliphatic heterocycles. The molecule has 1 N–H and O–H groups in total. The molecule has 36 heavy (non-hydrogen) atoms. The van der Waals surface area contributed by atoms with Crippen molar-refractivity contribution in [1.29, 1.82) is 0 Å². The van der Waals surface area contributed by atoms with Gasteiger partial charge in [0.1, 0.15) is 5.75 Å². The lowest BCUT2D eigenvalue weighted by atomic mass is 9.56. The Kier molecular flexibility index (Phi) is 7.41. The van der Waals surface area contributed by atoms with Gasteiger partial charge in [-0.1, -0.05) is 44.2 Å². The van der Waals surface area contributed by atoms with Gasteiger partial charge in [0.25, 0.3) is 5.91 Å². The lowest BCUT2D eigenvalue weighted by molar-refractivity contribution is -0.0824. The molecule has 1 amide bonds. The van der Waals surface area contributed by atoms with Gasteiger partial charge in [0, 0.05) is 49.7 Å². The second-order valence-electron chi connectivity index (χ2n) is 11.9. The molecule has 0 aromatic heterocycles. The number of ether oxygens (including phenoxy) is 1. The largest absolute Gasteiger partial charge is 0.508 e. The standard InChI is InChI=1S/C31H42N2O3/c1-22(2)19-33(30(35)24-8-5-4-6-9-24)26-17-29(36-3)28-21-32(20-23-12-13-23)15-14-31(28,18-26)25-10-7-11-27(34)16-25/h4-11,16,22-23,26,28-29,34H,12-15,17-21H2,1-3H3/t26-,28+,29?,31+/m1/s1. The van der Waals surface area contributed by atoms with Crippen molar-refractivity contribution in [1.82, 2.24) is 9.80 Å². The van der Waals surface area contributed by atoms with Crippen LogP contribution in [0.3, 0.4) is 0 Å². The van der Waals surface area contributed by atoms with Crippen LogP contribution >= 0.6 is 0 Å². The van der Waals surface area contributed by atoms with Gasteiger partial charge in [-0.2, -0.15) is 0 Å². The van der Waals surface area contributed by atoms with Crippen LogP contribution in [0.15, 0.2) is 54.6 Å². The van der Waals surface area contributed by atoms with Crippen molar-refractivity contribution in [2.75, 3.05) is 33.3 Å². The molecule has 4 atom stereocenters. The van der Waals surface area contributed by atoms with Crippen LogP contribution in [0.1, 0.15) is 61.9 Å². The fourth-order valence-electron chi connectivity index (χ4n) is 6.91. The number of piperidine rings is 1. The zero-order chi connectivity index (χ0) is 25.3. The van der Waals surface area contributed by atoms with Crippen molar-refractivity contribution in [3.8, 4) is 5.75 Å². The van der Waals surface area contributed by atoms with Crippen LogP contribution in [-0.2, 0) is 10.2 Å². The molecule has 1 heterocycles. The molecule has 2 aromatic carbocycles. The summed E-state index contributed by atoms with van der Waals surface area (Å²) in [6.07, 6.45) is 5.57. The molecule has 5 rings (SSSR count). The molecule has 3 fully saturated rings. The normalized spacial score (nSPS) is 28.6. The van der Waals surface area contributed by atoms with Crippen molar-refractivity contribution in [3.05, 3.63) is 65.7 Å². The number of phenolic OH excluding ortho intramolecular Hbond substituents is 1. The predicted octanol–water partition coefficient (Wildman–Crippen LogP) is 5.34. The third-order valence-electron chi connectivity index (χ3n) is 8.81. The average molecular weight is 491 g/mol. The van der Waals surface area contributed by atoms with Crippen LogP contribution in [-0.4, -0.2) is 66.2 Å². The van der Waals surface area contributed by atoms with Gasteiger partial charge in [0.15, 0.2) is 0 Å².